The molecule has 0 bridgehead atoms. The van der Waals surface area contributed by atoms with Gasteiger partial charge in [-0.2, -0.15) is 0 Å². The van der Waals surface area contributed by atoms with Crippen molar-refractivity contribution in [1.82, 2.24) is 15.8 Å². The van der Waals surface area contributed by atoms with Crippen LogP contribution < -0.4 is 10.6 Å². The van der Waals surface area contributed by atoms with E-state index in [2.05, 4.69) is 52.0 Å². The highest BCUT2D eigenvalue weighted by atomic mass is 127. The predicted molar refractivity (Wildman–Crippen MR) is 109 cm³/mol. The van der Waals surface area contributed by atoms with Crippen molar-refractivity contribution in [3.05, 3.63) is 52.9 Å². The number of aliphatic imine (C=N–C) groups is 1. The number of aryl methyl sites for hydroxylation is 2. The molecule has 0 amide bonds. The molecule has 6 heteroatoms. The van der Waals surface area contributed by atoms with Crippen molar-refractivity contribution in [1.29, 1.82) is 0 Å². The quantitative estimate of drug-likeness (QED) is 0.409. The number of aromatic nitrogens is 1. The number of guanidine groups is 1. The third-order valence-corrected chi connectivity index (χ3v) is 3.93. The monoisotopic (exact) mass is 442 g/mol. The molecule has 1 heterocycles. The summed E-state index contributed by atoms with van der Waals surface area (Å²) in [5, 5.41) is 10.7. The molecule has 1 unspecified atom stereocenters. The second kappa shape index (κ2) is 10.3. The number of benzene rings is 1. The van der Waals surface area contributed by atoms with Crippen molar-refractivity contribution >= 4 is 29.9 Å². The van der Waals surface area contributed by atoms with E-state index in [0.717, 1.165) is 36.9 Å². The van der Waals surface area contributed by atoms with Gasteiger partial charge < -0.3 is 15.2 Å². The highest BCUT2D eigenvalue weighted by Crippen LogP contribution is 2.22. The molecule has 0 saturated carbocycles. The minimum Gasteiger partial charge on any atom is -0.361 e. The van der Waals surface area contributed by atoms with Gasteiger partial charge in [-0.1, -0.05) is 42.4 Å². The lowest BCUT2D eigenvalue weighted by molar-refractivity contribution is 0.391. The van der Waals surface area contributed by atoms with Crippen molar-refractivity contribution in [3.8, 4) is 0 Å². The number of hydrogen-bond acceptors (Lipinski definition) is 3. The van der Waals surface area contributed by atoms with Gasteiger partial charge in [-0.25, -0.2) is 0 Å². The Labute approximate surface area is 161 Å². The van der Waals surface area contributed by atoms with E-state index in [1.807, 2.05) is 19.9 Å². The number of hydrogen-bond donors (Lipinski definition) is 2. The van der Waals surface area contributed by atoms with E-state index in [-0.39, 0.29) is 24.0 Å². The normalized spacial score (nSPS) is 12.4. The van der Waals surface area contributed by atoms with Gasteiger partial charge in [0, 0.05) is 31.6 Å². The molecule has 1 aromatic heterocycles. The van der Waals surface area contributed by atoms with Crippen molar-refractivity contribution in [2.75, 3.05) is 20.1 Å². The SMILES string of the molecule is CN=C(NCCc1ccccc1)NCC(C)c1c(C)noc1C.I. The summed E-state index contributed by atoms with van der Waals surface area (Å²) in [6.45, 7) is 7.74. The first-order valence-corrected chi connectivity index (χ1v) is 8.03. The van der Waals surface area contributed by atoms with Crippen molar-refractivity contribution in [3.63, 3.8) is 0 Å². The molecular formula is C18H27IN4O. The zero-order valence-corrected chi connectivity index (χ0v) is 17.1. The average molecular weight is 442 g/mol. The lowest BCUT2D eigenvalue weighted by Crippen LogP contribution is -2.40. The lowest BCUT2D eigenvalue weighted by atomic mass is 10.00. The van der Waals surface area contributed by atoms with E-state index in [1.165, 1.54) is 11.1 Å². The summed E-state index contributed by atoms with van der Waals surface area (Å²) in [4.78, 5) is 4.27. The molecule has 0 radical (unpaired) electrons. The van der Waals surface area contributed by atoms with Gasteiger partial charge in [-0.15, -0.1) is 24.0 Å². The summed E-state index contributed by atoms with van der Waals surface area (Å²) >= 11 is 0. The number of rotatable bonds is 6. The maximum atomic E-state index is 5.24. The number of nitrogens with one attached hydrogen (secondary N) is 2. The molecule has 1 aromatic carbocycles. The Morgan fingerprint density at radius 2 is 1.92 bits per heavy atom. The van der Waals surface area contributed by atoms with Gasteiger partial charge in [0.2, 0.25) is 0 Å². The fourth-order valence-corrected chi connectivity index (χ4v) is 2.74. The Morgan fingerprint density at radius 3 is 2.50 bits per heavy atom. The van der Waals surface area contributed by atoms with Crippen molar-refractivity contribution in [2.45, 2.75) is 33.1 Å². The van der Waals surface area contributed by atoms with Crippen molar-refractivity contribution in [2.24, 2.45) is 4.99 Å². The Hall–Kier alpha value is -1.57. The highest BCUT2D eigenvalue weighted by molar-refractivity contribution is 14.0. The molecule has 2 N–H and O–H groups in total. The molecule has 0 aliphatic rings. The molecule has 0 saturated heterocycles. The van der Waals surface area contributed by atoms with Crippen LogP contribution in [0.3, 0.4) is 0 Å². The predicted octanol–water partition coefficient (Wildman–Crippen LogP) is 3.42. The molecule has 24 heavy (non-hydrogen) atoms. The second-order valence-electron chi connectivity index (χ2n) is 5.75. The van der Waals surface area contributed by atoms with Gasteiger partial charge in [0.05, 0.1) is 5.69 Å². The van der Waals surface area contributed by atoms with E-state index in [1.54, 1.807) is 7.05 Å². The van der Waals surface area contributed by atoms with Crippen LogP contribution >= 0.6 is 24.0 Å². The highest BCUT2D eigenvalue weighted by Gasteiger charge is 2.16. The van der Waals surface area contributed by atoms with Crippen molar-refractivity contribution < 1.29 is 4.52 Å². The van der Waals surface area contributed by atoms with Gasteiger partial charge in [0.25, 0.3) is 0 Å². The fourth-order valence-electron chi connectivity index (χ4n) is 2.74. The van der Waals surface area contributed by atoms with Crippen LogP contribution in [-0.2, 0) is 6.42 Å². The molecule has 2 aromatic rings. The van der Waals surface area contributed by atoms with Gasteiger partial charge in [-0.05, 0) is 25.8 Å². The molecule has 1 atom stereocenters. The number of nitrogens with zero attached hydrogens (tertiary/aromatic N) is 2. The van der Waals surface area contributed by atoms with Crippen LogP contribution in [0, 0.1) is 13.8 Å². The molecule has 0 aliphatic heterocycles. The van der Waals surface area contributed by atoms with E-state index in [4.69, 9.17) is 4.52 Å². The Kier molecular flexibility index (Phi) is 8.81. The summed E-state index contributed by atoms with van der Waals surface area (Å²) in [6, 6.07) is 10.4. The summed E-state index contributed by atoms with van der Waals surface area (Å²) < 4.78 is 5.24. The van der Waals surface area contributed by atoms with Gasteiger partial charge >= 0.3 is 0 Å². The van der Waals surface area contributed by atoms with Crippen LogP contribution in [0.25, 0.3) is 0 Å². The Morgan fingerprint density at radius 1 is 1.21 bits per heavy atom. The molecule has 0 fully saturated rings. The molecule has 132 valence electrons. The third-order valence-electron chi connectivity index (χ3n) is 3.93. The zero-order chi connectivity index (χ0) is 16.7. The summed E-state index contributed by atoms with van der Waals surface area (Å²) in [7, 11) is 1.79. The molecule has 0 spiro atoms. The lowest BCUT2D eigenvalue weighted by Gasteiger charge is -2.16. The number of halogens is 1. The summed E-state index contributed by atoms with van der Waals surface area (Å²) in [5.74, 6) is 2.03. The standard InChI is InChI=1S/C18H26N4O.HI/c1-13(17-14(2)22-23-15(17)3)12-21-18(19-4)20-11-10-16-8-6-5-7-9-16;/h5-9,13H,10-12H2,1-4H3,(H2,19,20,21);1H. The molecule has 0 aliphatic carbocycles. The van der Waals surface area contributed by atoms with Gasteiger partial charge in [0.1, 0.15) is 5.76 Å². The van der Waals surface area contributed by atoms with E-state index < -0.39 is 0 Å². The summed E-state index contributed by atoms with van der Waals surface area (Å²) in [6.07, 6.45) is 0.973. The van der Waals surface area contributed by atoms with E-state index in [9.17, 15) is 0 Å². The molecule has 5 nitrogen and oxygen atoms in total. The molecule has 2 rings (SSSR count). The van der Waals surface area contributed by atoms with Gasteiger partial charge in [0.15, 0.2) is 5.96 Å². The second-order valence-corrected chi connectivity index (χ2v) is 5.75. The maximum absolute atomic E-state index is 5.24. The third kappa shape index (κ3) is 5.81. The summed E-state index contributed by atoms with van der Waals surface area (Å²) in [5.41, 5.74) is 3.46. The Balaban J connectivity index is 0.00000288. The first kappa shape index (κ1) is 20.5. The van der Waals surface area contributed by atoms with Crippen LogP contribution in [0.5, 0.6) is 0 Å². The average Bonchev–Trinajstić information content (AvgIpc) is 2.90. The van der Waals surface area contributed by atoms with Crippen LogP contribution in [0.1, 0.15) is 35.4 Å². The van der Waals surface area contributed by atoms with E-state index >= 15 is 0 Å². The first-order chi connectivity index (χ1) is 11.1. The van der Waals surface area contributed by atoms with Crippen LogP contribution in [0.2, 0.25) is 0 Å². The van der Waals surface area contributed by atoms with E-state index in [0.29, 0.717) is 5.92 Å². The van der Waals surface area contributed by atoms with Crippen LogP contribution in [-0.4, -0.2) is 31.3 Å². The smallest absolute Gasteiger partial charge is 0.191 e. The minimum absolute atomic E-state index is 0. The minimum atomic E-state index is 0. The fraction of sp³-hybridized carbons (Fsp3) is 0.444. The largest absolute Gasteiger partial charge is 0.361 e. The zero-order valence-electron chi connectivity index (χ0n) is 14.8. The topological polar surface area (TPSA) is 62.5 Å². The Bertz CT molecular complexity index is 620. The van der Waals surface area contributed by atoms with Crippen LogP contribution in [0.4, 0.5) is 0 Å². The van der Waals surface area contributed by atoms with Gasteiger partial charge in [-0.3, -0.25) is 4.99 Å². The molecular weight excluding hydrogens is 415 g/mol. The first-order valence-electron chi connectivity index (χ1n) is 8.03. The van der Waals surface area contributed by atoms with Crippen LogP contribution in [0.15, 0.2) is 39.8 Å². The maximum Gasteiger partial charge on any atom is 0.191 e.